The summed E-state index contributed by atoms with van der Waals surface area (Å²) in [6, 6.07) is 0. The first kappa shape index (κ1) is 10.7. The van der Waals surface area contributed by atoms with Crippen LogP contribution in [0.4, 0.5) is 0 Å². The van der Waals surface area contributed by atoms with Crippen molar-refractivity contribution < 1.29 is 5.11 Å². The van der Waals surface area contributed by atoms with Crippen LogP contribution in [-0.4, -0.2) is 23.3 Å². The van der Waals surface area contributed by atoms with Crippen molar-refractivity contribution in [2.45, 2.75) is 38.8 Å². The van der Waals surface area contributed by atoms with Crippen molar-refractivity contribution in [3.05, 3.63) is 12.7 Å². The topological polar surface area (TPSA) is 32.3 Å². The molecule has 0 radical (unpaired) electrons. The molecule has 0 fully saturated rings. The van der Waals surface area contributed by atoms with Gasteiger partial charge in [0.15, 0.2) is 0 Å². The monoisotopic (exact) mass is 157 g/mol. The van der Waals surface area contributed by atoms with Crippen molar-refractivity contribution in [1.82, 2.24) is 5.32 Å². The highest BCUT2D eigenvalue weighted by Gasteiger charge is 2.17. The van der Waals surface area contributed by atoms with Gasteiger partial charge in [0.1, 0.15) is 0 Å². The Kier molecular flexibility index (Phi) is 4.38. The lowest BCUT2D eigenvalue weighted by Gasteiger charge is -2.26. The lowest BCUT2D eigenvalue weighted by Crippen LogP contribution is -2.41. The van der Waals surface area contributed by atoms with Gasteiger partial charge in [0.05, 0.1) is 6.10 Å². The van der Waals surface area contributed by atoms with Crippen molar-refractivity contribution in [2.24, 2.45) is 0 Å². The van der Waals surface area contributed by atoms with Gasteiger partial charge in [-0.25, -0.2) is 0 Å². The molecule has 0 bridgehead atoms. The maximum absolute atomic E-state index is 9.12. The Balaban J connectivity index is 3.69. The molecule has 2 heteroatoms. The zero-order valence-corrected chi connectivity index (χ0v) is 7.72. The van der Waals surface area contributed by atoms with Crippen molar-refractivity contribution >= 4 is 0 Å². The van der Waals surface area contributed by atoms with Crippen LogP contribution >= 0.6 is 0 Å². The third-order valence-electron chi connectivity index (χ3n) is 1.53. The number of hydrogen-bond donors (Lipinski definition) is 2. The third kappa shape index (κ3) is 6.07. The normalized spacial score (nSPS) is 14.5. The first-order valence-corrected chi connectivity index (χ1v) is 4.02. The van der Waals surface area contributed by atoms with Crippen LogP contribution in [0.3, 0.4) is 0 Å². The van der Waals surface area contributed by atoms with E-state index >= 15 is 0 Å². The fourth-order valence-electron chi connectivity index (χ4n) is 1.16. The van der Waals surface area contributed by atoms with E-state index in [9.17, 15) is 0 Å². The van der Waals surface area contributed by atoms with Gasteiger partial charge in [-0.2, -0.15) is 0 Å². The second-order valence-electron chi connectivity index (χ2n) is 3.61. The second-order valence-corrected chi connectivity index (χ2v) is 3.61. The molecule has 0 aliphatic heterocycles. The summed E-state index contributed by atoms with van der Waals surface area (Å²) in [5.74, 6) is 0. The number of aliphatic hydroxyl groups is 1. The highest BCUT2D eigenvalue weighted by molar-refractivity contribution is 4.83. The molecule has 0 aromatic rings. The smallest absolute Gasteiger partial charge is 0.0529 e. The number of nitrogens with one attached hydrogen (secondary N) is 1. The summed E-state index contributed by atoms with van der Waals surface area (Å²) in [4.78, 5) is 0. The molecule has 0 aliphatic rings. The van der Waals surface area contributed by atoms with E-state index < -0.39 is 0 Å². The fourth-order valence-corrected chi connectivity index (χ4v) is 1.16. The molecule has 0 aromatic heterocycles. The second kappa shape index (κ2) is 4.52. The van der Waals surface area contributed by atoms with Crippen LogP contribution in [0.5, 0.6) is 0 Å². The van der Waals surface area contributed by atoms with Crippen LogP contribution in [0.25, 0.3) is 0 Å². The summed E-state index contributed by atoms with van der Waals surface area (Å²) in [6.45, 7) is 10.4. The van der Waals surface area contributed by atoms with Crippen LogP contribution in [-0.2, 0) is 0 Å². The van der Waals surface area contributed by atoms with E-state index in [1.54, 1.807) is 6.92 Å². The first-order chi connectivity index (χ1) is 4.98. The molecule has 66 valence electrons. The standard InChI is InChI=1S/C9H19NO/c1-5-6-10-9(3,4)7-8(2)11/h5,8,10-11H,1,6-7H2,2-4H3. The van der Waals surface area contributed by atoms with Gasteiger partial charge in [0.2, 0.25) is 0 Å². The van der Waals surface area contributed by atoms with Gasteiger partial charge in [0, 0.05) is 12.1 Å². The van der Waals surface area contributed by atoms with Gasteiger partial charge in [-0.05, 0) is 27.2 Å². The molecule has 0 saturated heterocycles. The first-order valence-electron chi connectivity index (χ1n) is 4.02. The average Bonchev–Trinajstić information content (AvgIpc) is 1.81. The molecular weight excluding hydrogens is 138 g/mol. The van der Waals surface area contributed by atoms with E-state index in [1.807, 2.05) is 6.08 Å². The SMILES string of the molecule is C=CCNC(C)(C)CC(C)O. The summed E-state index contributed by atoms with van der Waals surface area (Å²) >= 11 is 0. The van der Waals surface area contributed by atoms with Crippen molar-refractivity contribution in [3.63, 3.8) is 0 Å². The minimum atomic E-state index is -0.248. The Morgan fingerprint density at radius 3 is 2.55 bits per heavy atom. The maximum atomic E-state index is 9.12. The van der Waals surface area contributed by atoms with Crippen LogP contribution in [0.1, 0.15) is 27.2 Å². The van der Waals surface area contributed by atoms with E-state index in [-0.39, 0.29) is 11.6 Å². The minimum Gasteiger partial charge on any atom is -0.393 e. The van der Waals surface area contributed by atoms with Gasteiger partial charge in [-0.1, -0.05) is 6.08 Å². The van der Waals surface area contributed by atoms with E-state index in [0.29, 0.717) is 0 Å². The van der Waals surface area contributed by atoms with Crippen molar-refractivity contribution in [3.8, 4) is 0 Å². The zero-order chi connectivity index (χ0) is 8.91. The minimum absolute atomic E-state index is 0.00234. The molecule has 0 aliphatic carbocycles. The van der Waals surface area contributed by atoms with Crippen LogP contribution < -0.4 is 5.32 Å². The van der Waals surface area contributed by atoms with Gasteiger partial charge in [0.25, 0.3) is 0 Å². The number of aliphatic hydroxyl groups excluding tert-OH is 1. The summed E-state index contributed by atoms with van der Waals surface area (Å²) < 4.78 is 0. The summed E-state index contributed by atoms with van der Waals surface area (Å²) in [6.07, 6.45) is 2.34. The molecule has 0 aromatic carbocycles. The number of hydrogen-bond acceptors (Lipinski definition) is 2. The Labute approximate surface area is 69.3 Å². The molecule has 0 amide bonds. The zero-order valence-electron chi connectivity index (χ0n) is 7.72. The maximum Gasteiger partial charge on any atom is 0.0529 e. The largest absolute Gasteiger partial charge is 0.393 e. The highest BCUT2D eigenvalue weighted by atomic mass is 16.3. The van der Waals surface area contributed by atoms with Crippen molar-refractivity contribution in [1.29, 1.82) is 0 Å². The molecule has 0 heterocycles. The van der Waals surface area contributed by atoms with E-state index in [4.69, 9.17) is 5.11 Å². The predicted octanol–water partition coefficient (Wildman–Crippen LogP) is 1.31. The van der Waals surface area contributed by atoms with Gasteiger partial charge >= 0.3 is 0 Å². The van der Waals surface area contributed by atoms with Crippen molar-refractivity contribution in [2.75, 3.05) is 6.54 Å². The van der Waals surface area contributed by atoms with Crippen LogP contribution in [0.2, 0.25) is 0 Å². The summed E-state index contributed by atoms with van der Waals surface area (Å²) in [5.41, 5.74) is 0.00234. The van der Waals surface area contributed by atoms with Crippen LogP contribution in [0.15, 0.2) is 12.7 Å². The Morgan fingerprint density at radius 2 is 2.18 bits per heavy atom. The molecule has 2 N–H and O–H groups in total. The molecule has 11 heavy (non-hydrogen) atoms. The van der Waals surface area contributed by atoms with Crippen LogP contribution in [0, 0.1) is 0 Å². The molecule has 2 nitrogen and oxygen atoms in total. The van der Waals surface area contributed by atoms with E-state index in [2.05, 4.69) is 25.7 Å². The lowest BCUT2D eigenvalue weighted by atomic mass is 9.97. The molecule has 0 saturated carbocycles. The summed E-state index contributed by atoms with van der Waals surface area (Å²) in [5, 5.41) is 12.4. The predicted molar refractivity (Wildman–Crippen MR) is 48.6 cm³/mol. The summed E-state index contributed by atoms with van der Waals surface area (Å²) in [7, 11) is 0. The number of rotatable bonds is 5. The molecule has 0 spiro atoms. The molecule has 0 rings (SSSR count). The third-order valence-corrected chi connectivity index (χ3v) is 1.53. The lowest BCUT2D eigenvalue weighted by molar-refractivity contribution is 0.147. The highest BCUT2D eigenvalue weighted by Crippen LogP contribution is 2.10. The Morgan fingerprint density at radius 1 is 1.64 bits per heavy atom. The van der Waals surface area contributed by atoms with Gasteiger partial charge in [-0.3, -0.25) is 0 Å². The van der Waals surface area contributed by atoms with E-state index in [1.165, 1.54) is 0 Å². The van der Waals surface area contributed by atoms with Gasteiger partial charge < -0.3 is 10.4 Å². The molecule has 1 atom stereocenters. The van der Waals surface area contributed by atoms with E-state index in [0.717, 1.165) is 13.0 Å². The quantitative estimate of drug-likeness (QED) is 0.590. The van der Waals surface area contributed by atoms with Gasteiger partial charge in [-0.15, -0.1) is 6.58 Å². The Hall–Kier alpha value is -0.340. The fraction of sp³-hybridized carbons (Fsp3) is 0.778. The molecule has 1 unspecified atom stereocenters. The average molecular weight is 157 g/mol. The molecular formula is C9H19NO. The Bertz CT molecular complexity index is 119.